The largest absolute Gasteiger partial charge is 0.483 e. The van der Waals surface area contributed by atoms with Crippen molar-refractivity contribution in [3.63, 3.8) is 0 Å². The first-order chi connectivity index (χ1) is 19.4. The lowest BCUT2D eigenvalue weighted by Crippen LogP contribution is -2.42. The van der Waals surface area contributed by atoms with Crippen LogP contribution in [-0.4, -0.2) is 41.6 Å². The fraction of sp³-hybridized carbons (Fsp3) is 0.172. The molecule has 0 saturated heterocycles. The second-order valence-electron chi connectivity index (χ2n) is 9.03. The Morgan fingerprint density at radius 3 is 2.29 bits per heavy atom. The van der Waals surface area contributed by atoms with E-state index in [1.807, 2.05) is 13.0 Å². The highest BCUT2D eigenvalue weighted by atomic mass is 35.5. The number of fused-ring (bicyclic) bond motifs is 1. The van der Waals surface area contributed by atoms with Crippen LogP contribution in [0.3, 0.4) is 0 Å². The Kier molecular flexibility index (Phi) is 9.14. The quantitative estimate of drug-likeness (QED) is 0.187. The first-order valence-electron chi connectivity index (χ1n) is 12.1. The fourth-order valence-corrected chi connectivity index (χ4v) is 5.96. The van der Waals surface area contributed by atoms with E-state index in [0.29, 0.717) is 32.9 Å². The normalized spacial score (nSPS) is 12.7. The Bertz CT molecular complexity index is 1770. The van der Waals surface area contributed by atoms with Gasteiger partial charge < -0.3 is 9.47 Å². The predicted octanol–water partition coefficient (Wildman–Crippen LogP) is 6.77. The van der Waals surface area contributed by atoms with Crippen molar-refractivity contribution in [2.24, 2.45) is 5.92 Å². The van der Waals surface area contributed by atoms with Crippen LogP contribution in [0.1, 0.15) is 12.5 Å². The number of ether oxygens (including phenoxy) is 2. The average molecular weight is 629 g/mol. The van der Waals surface area contributed by atoms with Crippen molar-refractivity contribution in [1.82, 2.24) is 9.29 Å². The summed E-state index contributed by atoms with van der Waals surface area (Å²) in [6.45, 7) is 3.29. The summed E-state index contributed by atoms with van der Waals surface area (Å²) in [6.07, 6.45) is -1.10. The van der Waals surface area contributed by atoms with E-state index >= 15 is 0 Å². The molecule has 2 unspecified atom stereocenters. The number of carbonyl (C=O) groups is 1. The monoisotopic (exact) mass is 627 g/mol. The Hall–Kier alpha value is -3.75. The van der Waals surface area contributed by atoms with Crippen LogP contribution in [0.25, 0.3) is 10.9 Å². The average Bonchev–Trinajstić information content (AvgIpc) is 2.94. The van der Waals surface area contributed by atoms with Crippen LogP contribution in [0, 0.1) is 24.2 Å². The van der Waals surface area contributed by atoms with Crippen molar-refractivity contribution in [3.05, 3.63) is 88.4 Å². The van der Waals surface area contributed by atoms with Gasteiger partial charge in [0.2, 0.25) is 5.88 Å². The molecule has 2 atom stereocenters. The van der Waals surface area contributed by atoms with Gasteiger partial charge in [0.1, 0.15) is 16.5 Å². The zero-order valence-corrected chi connectivity index (χ0v) is 25.2. The summed E-state index contributed by atoms with van der Waals surface area (Å²) in [6, 6.07) is 21.2. The van der Waals surface area contributed by atoms with Gasteiger partial charge in [0, 0.05) is 23.5 Å². The van der Waals surface area contributed by atoms with Crippen LogP contribution in [0.15, 0.2) is 77.7 Å². The van der Waals surface area contributed by atoms with Crippen LogP contribution >= 0.6 is 35.4 Å². The molecule has 0 aliphatic heterocycles. The molecule has 12 heteroatoms. The van der Waals surface area contributed by atoms with E-state index < -0.39 is 27.8 Å². The lowest BCUT2D eigenvalue weighted by atomic mass is 10.0. The number of nitrogens with zero attached hydrogens (tertiary/aromatic N) is 3. The van der Waals surface area contributed by atoms with Crippen molar-refractivity contribution in [1.29, 1.82) is 5.26 Å². The summed E-state index contributed by atoms with van der Waals surface area (Å²) in [5, 5.41) is 11.4. The number of Topliss-reactive ketones (excluding diaryl/α,β-unsaturated/α-hetero) is 1. The molecular weight excluding hydrogens is 605 g/mol. The number of pyridine rings is 1. The van der Waals surface area contributed by atoms with Crippen LogP contribution in [0.4, 0.5) is 0 Å². The molecule has 0 spiro atoms. The molecule has 4 aromatic rings. The number of sulfonamides is 1. The van der Waals surface area contributed by atoms with Gasteiger partial charge in [-0.25, -0.2) is 13.4 Å². The number of hydrogen-bond acceptors (Lipinski definition) is 8. The maximum Gasteiger partial charge on any atom is 0.264 e. The lowest BCUT2D eigenvalue weighted by Gasteiger charge is -2.24. The minimum Gasteiger partial charge on any atom is -0.483 e. The number of halogens is 2. The summed E-state index contributed by atoms with van der Waals surface area (Å²) in [4.78, 5) is 17.2. The highest BCUT2D eigenvalue weighted by Gasteiger charge is 2.35. The summed E-state index contributed by atoms with van der Waals surface area (Å²) in [5.41, 5.74) is 1.42. The van der Waals surface area contributed by atoms with E-state index in [9.17, 15) is 18.5 Å². The molecule has 0 radical (unpaired) electrons. The molecule has 0 bridgehead atoms. The molecule has 210 valence electrons. The molecule has 0 aliphatic rings. The number of rotatable bonds is 9. The van der Waals surface area contributed by atoms with Crippen molar-refractivity contribution >= 4 is 67.1 Å². The van der Waals surface area contributed by atoms with Gasteiger partial charge in [0.15, 0.2) is 17.8 Å². The third-order valence-corrected chi connectivity index (χ3v) is 9.01. The van der Waals surface area contributed by atoms with E-state index in [2.05, 4.69) is 4.98 Å². The third-order valence-electron chi connectivity index (χ3n) is 6.10. The molecule has 0 fully saturated rings. The maximum atomic E-state index is 13.1. The standard InChI is InChI=1S/C29H23Cl2N3O5S2/c1-17-4-11-23(12-5-17)41(36,37)34(3)29(40)24(16-32)28(35)18(2)38-21-7-9-22(10-8-21)39-26-13-6-19-14-20(30)15-25(31)27(19)33-26/h4-15,18,24H,1-3H3. The highest BCUT2D eigenvalue weighted by molar-refractivity contribution is 7.91. The summed E-state index contributed by atoms with van der Waals surface area (Å²) >= 11 is 17.6. The number of carbonyl (C=O) groups excluding carboxylic acids is 1. The molecule has 0 saturated carbocycles. The summed E-state index contributed by atoms with van der Waals surface area (Å²) in [7, 11) is -2.84. The van der Waals surface area contributed by atoms with E-state index in [0.717, 1.165) is 15.3 Å². The summed E-state index contributed by atoms with van der Waals surface area (Å²) in [5.74, 6) is -1.11. The Morgan fingerprint density at radius 1 is 1.02 bits per heavy atom. The second kappa shape index (κ2) is 12.4. The van der Waals surface area contributed by atoms with Gasteiger partial charge in [-0.1, -0.05) is 53.1 Å². The van der Waals surface area contributed by atoms with Gasteiger partial charge >= 0.3 is 0 Å². The fourth-order valence-electron chi connectivity index (χ4n) is 3.81. The van der Waals surface area contributed by atoms with Gasteiger partial charge in [-0.05, 0) is 68.4 Å². The smallest absolute Gasteiger partial charge is 0.264 e. The number of aryl methyl sites for hydroxylation is 1. The molecule has 1 aromatic heterocycles. The molecule has 4 rings (SSSR count). The van der Waals surface area contributed by atoms with Gasteiger partial charge in [-0.3, -0.25) is 9.10 Å². The third kappa shape index (κ3) is 6.77. The number of hydrogen-bond donors (Lipinski definition) is 0. The van der Waals surface area contributed by atoms with Crippen LogP contribution < -0.4 is 9.47 Å². The maximum absolute atomic E-state index is 13.1. The van der Waals surface area contributed by atoms with Gasteiger partial charge in [0.25, 0.3) is 10.0 Å². The number of benzene rings is 3. The molecular formula is C29H23Cl2N3O5S2. The molecule has 8 nitrogen and oxygen atoms in total. The first kappa shape index (κ1) is 30.2. The molecule has 41 heavy (non-hydrogen) atoms. The number of ketones is 1. The molecule has 3 aromatic carbocycles. The minimum atomic E-state index is -4.06. The zero-order valence-electron chi connectivity index (χ0n) is 22.0. The predicted molar refractivity (Wildman–Crippen MR) is 161 cm³/mol. The van der Waals surface area contributed by atoms with Crippen molar-refractivity contribution in [3.8, 4) is 23.4 Å². The van der Waals surface area contributed by atoms with Gasteiger partial charge in [-0.15, -0.1) is 0 Å². The second-order valence-corrected chi connectivity index (χ2v) is 12.3. The molecule has 0 amide bonds. The highest BCUT2D eigenvalue weighted by Crippen LogP contribution is 2.30. The zero-order chi connectivity index (χ0) is 29.9. The molecule has 0 N–H and O–H groups in total. The topological polar surface area (TPSA) is 110 Å². The Balaban J connectivity index is 1.42. The van der Waals surface area contributed by atoms with Crippen LogP contribution in [-0.2, 0) is 14.8 Å². The lowest BCUT2D eigenvalue weighted by molar-refractivity contribution is -0.125. The van der Waals surface area contributed by atoms with Gasteiger partial charge in [0.05, 0.1) is 21.5 Å². The minimum absolute atomic E-state index is 0.00456. The van der Waals surface area contributed by atoms with Crippen molar-refractivity contribution in [2.75, 3.05) is 7.05 Å². The van der Waals surface area contributed by atoms with E-state index in [4.69, 9.17) is 44.9 Å². The van der Waals surface area contributed by atoms with Crippen LogP contribution in [0.5, 0.6) is 17.4 Å². The van der Waals surface area contributed by atoms with E-state index in [-0.39, 0.29) is 9.88 Å². The Labute approximate surface area is 253 Å². The van der Waals surface area contributed by atoms with E-state index in [1.165, 1.54) is 26.1 Å². The van der Waals surface area contributed by atoms with Crippen molar-refractivity contribution < 1.29 is 22.7 Å². The van der Waals surface area contributed by atoms with E-state index in [1.54, 1.807) is 60.7 Å². The number of aromatic nitrogens is 1. The Morgan fingerprint density at radius 2 is 1.66 bits per heavy atom. The number of thiocarbonyl (C=S) groups is 1. The molecule has 1 heterocycles. The molecule has 0 aliphatic carbocycles. The van der Waals surface area contributed by atoms with Crippen molar-refractivity contribution in [2.45, 2.75) is 24.8 Å². The van der Waals surface area contributed by atoms with Gasteiger partial charge in [-0.2, -0.15) is 5.26 Å². The SMILES string of the molecule is Cc1ccc(S(=O)(=O)N(C)C(=S)C(C#N)C(=O)C(C)Oc2ccc(Oc3ccc4cc(Cl)cc(Cl)c4n3)cc2)cc1. The summed E-state index contributed by atoms with van der Waals surface area (Å²) < 4.78 is 38.3. The first-order valence-corrected chi connectivity index (χ1v) is 14.7. The van der Waals surface area contributed by atoms with Crippen LogP contribution in [0.2, 0.25) is 10.0 Å². The number of nitriles is 1.